The van der Waals surface area contributed by atoms with E-state index in [1.165, 1.54) is 11.8 Å². The number of ether oxygens (including phenoxy) is 1. The summed E-state index contributed by atoms with van der Waals surface area (Å²) in [7, 11) is 1.65. The van der Waals surface area contributed by atoms with Gasteiger partial charge in [-0.05, 0) is 38.0 Å². The molecule has 0 aliphatic heterocycles. The first-order valence-corrected chi connectivity index (χ1v) is 6.57. The van der Waals surface area contributed by atoms with Gasteiger partial charge in [-0.15, -0.1) is 0 Å². The summed E-state index contributed by atoms with van der Waals surface area (Å²) in [4.78, 5) is 11.9. The fraction of sp³-hybridized carbons (Fsp3) is 0.312. The van der Waals surface area contributed by atoms with Crippen molar-refractivity contribution in [1.82, 2.24) is 5.32 Å². The van der Waals surface area contributed by atoms with Crippen LogP contribution in [0, 0.1) is 13.8 Å². The predicted octanol–water partition coefficient (Wildman–Crippen LogP) is 2.88. The van der Waals surface area contributed by atoms with Crippen molar-refractivity contribution in [3.63, 3.8) is 0 Å². The van der Waals surface area contributed by atoms with E-state index in [1.807, 2.05) is 26.0 Å². The lowest BCUT2D eigenvalue weighted by Crippen LogP contribution is -2.26. The van der Waals surface area contributed by atoms with Gasteiger partial charge in [0.05, 0.1) is 13.4 Å². The Labute approximate surface area is 118 Å². The van der Waals surface area contributed by atoms with Crippen molar-refractivity contribution in [3.8, 4) is 5.75 Å². The molecule has 0 aliphatic carbocycles. The molecule has 0 fully saturated rings. The molecule has 4 nitrogen and oxygen atoms in total. The van der Waals surface area contributed by atoms with Crippen molar-refractivity contribution < 1.29 is 13.9 Å². The monoisotopic (exact) mass is 273 g/mol. The van der Waals surface area contributed by atoms with Gasteiger partial charge in [0.2, 0.25) is 0 Å². The molecule has 1 aromatic heterocycles. The van der Waals surface area contributed by atoms with E-state index in [0.717, 1.165) is 23.3 Å². The predicted molar refractivity (Wildman–Crippen MR) is 77.2 cm³/mol. The molecule has 1 amide bonds. The zero-order valence-corrected chi connectivity index (χ0v) is 12.0. The average molecular weight is 273 g/mol. The van der Waals surface area contributed by atoms with Crippen molar-refractivity contribution >= 4 is 5.91 Å². The minimum atomic E-state index is -0.181. The maximum atomic E-state index is 11.9. The van der Waals surface area contributed by atoms with Crippen LogP contribution >= 0.6 is 0 Å². The topological polar surface area (TPSA) is 51.5 Å². The van der Waals surface area contributed by atoms with Crippen LogP contribution in [0.3, 0.4) is 0 Å². The second-order valence-corrected chi connectivity index (χ2v) is 4.75. The van der Waals surface area contributed by atoms with E-state index in [4.69, 9.17) is 9.15 Å². The molecule has 2 rings (SSSR count). The van der Waals surface area contributed by atoms with Crippen molar-refractivity contribution in [1.29, 1.82) is 0 Å². The molecule has 1 heterocycles. The van der Waals surface area contributed by atoms with E-state index in [2.05, 4.69) is 11.4 Å². The van der Waals surface area contributed by atoms with Gasteiger partial charge in [-0.25, -0.2) is 0 Å². The Kier molecular flexibility index (Phi) is 4.45. The molecule has 0 bridgehead atoms. The zero-order chi connectivity index (χ0) is 14.5. The molecule has 106 valence electrons. The third kappa shape index (κ3) is 3.20. The number of methoxy groups -OCH3 is 1. The number of furan rings is 1. The lowest BCUT2D eigenvalue weighted by molar-refractivity contribution is 0.0925. The van der Waals surface area contributed by atoms with Gasteiger partial charge in [0, 0.05) is 12.1 Å². The third-order valence-corrected chi connectivity index (χ3v) is 3.18. The smallest absolute Gasteiger partial charge is 0.287 e. The molecule has 0 radical (unpaired) electrons. The SMILES string of the molecule is COc1ccc(C)cc1CCNC(=O)c1occc1C. The van der Waals surface area contributed by atoms with Crippen LogP contribution in [0.5, 0.6) is 5.75 Å². The van der Waals surface area contributed by atoms with Gasteiger partial charge in [0.1, 0.15) is 5.75 Å². The van der Waals surface area contributed by atoms with E-state index >= 15 is 0 Å². The van der Waals surface area contributed by atoms with Crippen molar-refractivity contribution in [2.45, 2.75) is 20.3 Å². The molecule has 0 aliphatic rings. The van der Waals surface area contributed by atoms with E-state index < -0.39 is 0 Å². The first-order valence-electron chi connectivity index (χ1n) is 6.57. The molecule has 1 aromatic carbocycles. The van der Waals surface area contributed by atoms with Crippen LogP contribution in [0.15, 0.2) is 34.9 Å². The highest BCUT2D eigenvalue weighted by molar-refractivity contribution is 5.92. The number of rotatable bonds is 5. The summed E-state index contributed by atoms with van der Waals surface area (Å²) in [6.07, 6.45) is 2.24. The number of hydrogen-bond acceptors (Lipinski definition) is 3. The Hall–Kier alpha value is -2.23. The van der Waals surface area contributed by atoms with Gasteiger partial charge in [0.25, 0.3) is 5.91 Å². The molecular formula is C16H19NO3. The quantitative estimate of drug-likeness (QED) is 0.911. The molecule has 2 aromatic rings. The Morgan fingerprint density at radius 1 is 1.30 bits per heavy atom. The van der Waals surface area contributed by atoms with Crippen LogP contribution in [0.25, 0.3) is 0 Å². The summed E-state index contributed by atoms with van der Waals surface area (Å²) >= 11 is 0. The molecule has 0 saturated heterocycles. The number of carbonyl (C=O) groups excluding carboxylic acids is 1. The van der Waals surface area contributed by atoms with Gasteiger partial charge >= 0.3 is 0 Å². The molecule has 4 heteroatoms. The average Bonchev–Trinajstić information content (AvgIpc) is 2.85. The lowest BCUT2D eigenvalue weighted by atomic mass is 10.1. The van der Waals surface area contributed by atoms with Crippen LogP contribution in [0.4, 0.5) is 0 Å². The van der Waals surface area contributed by atoms with Crippen LogP contribution in [0.1, 0.15) is 27.2 Å². The highest BCUT2D eigenvalue weighted by Crippen LogP contribution is 2.19. The Balaban J connectivity index is 1.95. The van der Waals surface area contributed by atoms with Crippen LogP contribution in [0.2, 0.25) is 0 Å². The first-order chi connectivity index (χ1) is 9.61. The van der Waals surface area contributed by atoms with Crippen molar-refractivity contribution in [3.05, 3.63) is 53.0 Å². The highest BCUT2D eigenvalue weighted by Gasteiger charge is 2.12. The first kappa shape index (κ1) is 14.2. The maximum Gasteiger partial charge on any atom is 0.287 e. The molecular weight excluding hydrogens is 254 g/mol. The summed E-state index contributed by atoms with van der Waals surface area (Å²) in [6.45, 7) is 4.43. The molecule has 0 saturated carbocycles. The number of carbonyl (C=O) groups is 1. The van der Waals surface area contributed by atoms with Crippen molar-refractivity contribution in [2.24, 2.45) is 0 Å². The normalized spacial score (nSPS) is 10.3. The minimum Gasteiger partial charge on any atom is -0.496 e. The number of amides is 1. The Morgan fingerprint density at radius 3 is 2.75 bits per heavy atom. The summed E-state index contributed by atoms with van der Waals surface area (Å²) < 4.78 is 10.5. The van der Waals surface area contributed by atoms with E-state index in [9.17, 15) is 4.79 Å². The molecule has 20 heavy (non-hydrogen) atoms. The number of benzene rings is 1. The van der Waals surface area contributed by atoms with Gasteiger partial charge in [0.15, 0.2) is 5.76 Å². The van der Waals surface area contributed by atoms with Crippen LogP contribution in [-0.4, -0.2) is 19.6 Å². The van der Waals surface area contributed by atoms with Crippen LogP contribution in [-0.2, 0) is 6.42 Å². The van der Waals surface area contributed by atoms with Gasteiger partial charge in [-0.2, -0.15) is 0 Å². The molecule has 0 unspecified atom stereocenters. The maximum absolute atomic E-state index is 11.9. The molecule has 1 N–H and O–H groups in total. The molecule has 0 spiro atoms. The third-order valence-electron chi connectivity index (χ3n) is 3.18. The van der Waals surface area contributed by atoms with E-state index in [0.29, 0.717) is 12.3 Å². The second kappa shape index (κ2) is 6.28. The van der Waals surface area contributed by atoms with Gasteiger partial charge in [-0.1, -0.05) is 17.7 Å². The van der Waals surface area contributed by atoms with Crippen LogP contribution < -0.4 is 10.1 Å². The fourth-order valence-electron chi connectivity index (χ4n) is 2.10. The van der Waals surface area contributed by atoms with E-state index in [1.54, 1.807) is 13.2 Å². The highest BCUT2D eigenvalue weighted by atomic mass is 16.5. The van der Waals surface area contributed by atoms with E-state index in [-0.39, 0.29) is 5.91 Å². The summed E-state index contributed by atoms with van der Waals surface area (Å²) in [5.41, 5.74) is 3.11. The Bertz CT molecular complexity index is 602. The zero-order valence-electron chi connectivity index (χ0n) is 12.0. The summed E-state index contributed by atoms with van der Waals surface area (Å²) in [5, 5.41) is 2.86. The van der Waals surface area contributed by atoms with Gasteiger partial charge < -0.3 is 14.5 Å². The number of aryl methyl sites for hydroxylation is 2. The standard InChI is InChI=1S/C16H19NO3/c1-11-4-5-14(19-3)13(10-11)6-8-17-16(18)15-12(2)7-9-20-15/h4-5,7,9-10H,6,8H2,1-3H3,(H,17,18). The largest absolute Gasteiger partial charge is 0.496 e. The summed E-state index contributed by atoms with van der Waals surface area (Å²) in [6, 6.07) is 7.80. The number of hydrogen-bond donors (Lipinski definition) is 1. The summed E-state index contributed by atoms with van der Waals surface area (Å²) in [5.74, 6) is 1.04. The molecule has 0 atom stereocenters. The Morgan fingerprint density at radius 2 is 2.10 bits per heavy atom. The van der Waals surface area contributed by atoms with Crippen molar-refractivity contribution in [2.75, 3.05) is 13.7 Å². The second-order valence-electron chi connectivity index (χ2n) is 4.75. The fourth-order valence-corrected chi connectivity index (χ4v) is 2.10. The van der Waals surface area contributed by atoms with Gasteiger partial charge in [-0.3, -0.25) is 4.79 Å². The number of nitrogens with one attached hydrogen (secondary N) is 1. The minimum absolute atomic E-state index is 0.181. The lowest BCUT2D eigenvalue weighted by Gasteiger charge is -2.10.